The zero-order valence-electron chi connectivity index (χ0n) is 10.4. The van der Waals surface area contributed by atoms with Gasteiger partial charge in [0.05, 0.1) is 22.2 Å². The molecule has 0 amide bonds. The topological polar surface area (TPSA) is 49.1 Å². The number of isothiocyanates is 1. The van der Waals surface area contributed by atoms with Crippen LogP contribution in [0.3, 0.4) is 0 Å². The highest BCUT2D eigenvalue weighted by Crippen LogP contribution is 2.22. The first-order chi connectivity index (χ1) is 9.31. The lowest BCUT2D eigenvalue weighted by molar-refractivity contribution is 1.23. The second-order valence-corrected chi connectivity index (χ2v) is 3.90. The molecule has 0 radical (unpaired) electrons. The van der Waals surface area contributed by atoms with E-state index in [1.165, 1.54) is 0 Å². The van der Waals surface area contributed by atoms with Crippen LogP contribution < -0.4 is 5.32 Å². The summed E-state index contributed by atoms with van der Waals surface area (Å²) in [6, 6.07) is 15.0. The average molecular weight is 268 g/mol. The molecule has 0 fully saturated rings. The second kappa shape index (κ2) is 6.54. The Morgan fingerprint density at radius 2 is 1.32 bits per heavy atom. The summed E-state index contributed by atoms with van der Waals surface area (Å²) >= 11 is 4.54. The zero-order chi connectivity index (χ0) is 13.5. The van der Waals surface area contributed by atoms with Crippen LogP contribution in [0, 0.1) is 0 Å². The van der Waals surface area contributed by atoms with Gasteiger partial charge in [0.15, 0.2) is 0 Å². The van der Waals surface area contributed by atoms with E-state index in [2.05, 4.69) is 37.9 Å². The highest BCUT2D eigenvalue weighted by Gasteiger charge is 1.93. The van der Waals surface area contributed by atoms with Gasteiger partial charge in [0, 0.05) is 12.7 Å². The summed E-state index contributed by atoms with van der Waals surface area (Å²) in [5.74, 6) is 0. The van der Waals surface area contributed by atoms with E-state index < -0.39 is 0 Å². The van der Waals surface area contributed by atoms with Crippen molar-refractivity contribution < 1.29 is 0 Å². The largest absolute Gasteiger partial charge is 0.388 e. The maximum Gasteiger partial charge on any atom is 0.0858 e. The highest BCUT2D eigenvalue weighted by atomic mass is 32.1. The van der Waals surface area contributed by atoms with Crippen LogP contribution in [-0.4, -0.2) is 12.2 Å². The summed E-state index contributed by atoms with van der Waals surface area (Å²) in [6.45, 7) is 0. The molecule has 0 unspecified atom stereocenters. The lowest BCUT2D eigenvalue weighted by Gasteiger charge is -1.98. The summed E-state index contributed by atoms with van der Waals surface area (Å²) in [7, 11) is 1.88. The Labute approximate surface area is 116 Å². The molecular formula is C14H12N4S. The normalized spacial score (nSPS) is 10.2. The maximum absolute atomic E-state index is 4.54. The summed E-state index contributed by atoms with van der Waals surface area (Å²) in [4.78, 5) is 3.87. The van der Waals surface area contributed by atoms with E-state index in [-0.39, 0.29) is 0 Å². The molecule has 94 valence electrons. The predicted octanol–water partition coefficient (Wildman–Crippen LogP) is 4.88. The minimum Gasteiger partial charge on any atom is -0.388 e. The molecule has 0 bridgehead atoms. The van der Waals surface area contributed by atoms with Crippen LogP contribution in [0.1, 0.15) is 0 Å². The van der Waals surface area contributed by atoms with E-state index in [1.807, 2.05) is 55.6 Å². The van der Waals surface area contributed by atoms with Gasteiger partial charge in [-0.1, -0.05) is 0 Å². The summed E-state index contributed by atoms with van der Waals surface area (Å²) < 4.78 is 0. The van der Waals surface area contributed by atoms with Crippen molar-refractivity contribution in [1.82, 2.24) is 0 Å². The Bertz CT molecular complexity index is 611. The fourth-order valence-electron chi connectivity index (χ4n) is 1.46. The smallest absolute Gasteiger partial charge is 0.0858 e. The van der Waals surface area contributed by atoms with E-state index in [0.29, 0.717) is 0 Å². The van der Waals surface area contributed by atoms with E-state index >= 15 is 0 Å². The summed E-state index contributed by atoms with van der Waals surface area (Å²) in [5, 5.41) is 13.7. The predicted molar refractivity (Wildman–Crippen MR) is 81.3 cm³/mol. The van der Waals surface area contributed by atoms with Crippen molar-refractivity contribution in [2.24, 2.45) is 15.2 Å². The Morgan fingerprint density at radius 1 is 0.842 bits per heavy atom. The van der Waals surface area contributed by atoms with Gasteiger partial charge >= 0.3 is 0 Å². The van der Waals surface area contributed by atoms with Gasteiger partial charge in [-0.25, -0.2) is 0 Å². The zero-order valence-corrected chi connectivity index (χ0v) is 11.2. The third-order valence-corrected chi connectivity index (χ3v) is 2.55. The quantitative estimate of drug-likeness (QED) is 0.488. The molecule has 0 heterocycles. The minimum atomic E-state index is 0.757. The number of nitrogens with zero attached hydrogens (tertiary/aromatic N) is 3. The van der Waals surface area contributed by atoms with Crippen LogP contribution in [0.15, 0.2) is 63.8 Å². The van der Waals surface area contributed by atoms with Crippen LogP contribution in [0.4, 0.5) is 22.7 Å². The standard InChI is InChI=1S/C14H12N4S/c1-15-11-2-6-13(7-3-11)17-18-14-8-4-12(5-9-14)16-10-19/h2-9,15H,1H3. The number of nitrogens with one attached hydrogen (secondary N) is 1. The molecule has 5 heteroatoms. The molecule has 0 aliphatic rings. The van der Waals surface area contributed by atoms with Gasteiger partial charge in [-0.2, -0.15) is 15.2 Å². The van der Waals surface area contributed by atoms with E-state index in [1.54, 1.807) is 0 Å². The highest BCUT2D eigenvalue weighted by molar-refractivity contribution is 7.78. The van der Waals surface area contributed by atoms with Crippen molar-refractivity contribution in [2.75, 3.05) is 12.4 Å². The van der Waals surface area contributed by atoms with E-state index in [0.717, 1.165) is 22.7 Å². The van der Waals surface area contributed by atoms with Crippen molar-refractivity contribution in [2.45, 2.75) is 0 Å². The molecule has 2 aromatic carbocycles. The van der Waals surface area contributed by atoms with Crippen molar-refractivity contribution in [3.8, 4) is 0 Å². The van der Waals surface area contributed by atoms with Gasteiger partial charge in [-0.15, -0.1) is 0 Å². The molecular weight excluding hydrogens is 256 g/mol. The number of rotatable bonds is 4. The fraction of sp³-hybridized carbons (Fsp3) is 0.0714. The van der Waals surface area contributed by atoms with Crippen LogP contribution in [0.2, 0.25) is 0 Å². The SMILES string of the molecule is CNc1ccc(N=Nc2ccc(N=C=S)cc2)cc1. The molecule has 0 aliphatic carbocycles. The van der Waals surface area contributed by atoms with E-state index in [4.69, 9.17) is 0 Å². The molecule has 0 saturated heterocycles. The molecule has 0 saturated carbocycles. The van der Waals surface area contributed by atoms with Gasteiger partial charge in [0.2, 0.25) is 0 Å². The number of benzene rings is 2. The van der Waals surface area contributed by atoms with E-state index in [9.17, 15) is 0 Å². The molecule has 4 nitrogen and oxygen atoms in total. The number of hydrogen-bond acceptors (Lipinski definition) is 5. The molecule has 0 aliphatic heterocycles. The van der Waals surface area contributed by atoms with Gasteiger partial charge < -0.3 is 5.32 Å². The van der Waals surface area contributed by atoms with Crippen LogP contribution in [-0.2, 0) is 0 Å². The third-order valence-electron chi connectivity index (χ3n) is 2.46. The molecule has 2 rings (SSSR count). The number of azo groups is 1. The Morgan fingerprint density at radius 3 is 1.79 bits per heavy atom. The summed E-state index contributed by atoms with van der Waals surface area (Å²) in [5.41, 5.74) is 3.37. The average Bonchev–Trinajstić information content (AvgIpc) is 2.47. The number of anilines is 1. The van der Waals surface area contributed by atoms with Gasteiger partial charge in [-0.3, -0.25) is 0 Å². The van der Waals surface area contributed by atoms with Crippen molar-refractivity contribution >= 4 is 40.1 Å². The van der Waals surface area contributed by atoms with Gasteiger partial charge in [0.25, 0.3) is 0 Å². The van der Waals surface area contributed by atoms with Crippen LogP contribution in [0.25, 0.3) is 0 Å². The first kappa shape index (κ1) is 13.1. The second-order valence-electron chi connectivity index (χ2n) is 3.72. The number of hydrogen-bond donors (Lipinski definition) is 1. The number of aliphatic imine (C=N–C) groups is 1. The molecule has 0 aromatic heterocycles. The Hall–Kier alpha value is -2.36. The van der Waals surface area contributed by atoms with Crippen LogP contribution >= 0.6 is 12.2 Å². The molecule has 19 heavy (non-hydrogen) atoms. The van der Waals surface area contributed by atoms with Crippen LogP contribution in [0.5, 0.6) is 0 Å². The monoisotopic (exact) mass is 268 g/mol. The minimum absolute atomic E-state index is 0.757. The first-order valence-corrected chi connectivity index (χ1v) is 6.10. The van der Waals surface area contributed by atoms with Crippen molar-refractivity contribution in [3.63, 3.8) is 0 Å². The fourth-order valence-corrected chi connectivity index (χ4v) is 1.56. The molecule has 0 atom stereocenters. The molecule has 2 aromatic rings. The molecule has 0 spiro atoms. The maximum atomic E-state index is 4.54. The lowest BCUT2D eigenvalue weighted by Crippen LogP contribution is -1.84. The Kier molecular flexibility index (Phi) is 4.50. The third kappa shape index (κ3) is 3.81. The Balaban J connectivity index is 2.10. The molecule has 1 N–H and O–H groups in total. The lowest BCUT2D eigenvalue weighted by atomic mass is 10.3. The van der Waals surface area contributed by atoms with Crippen molar-refractivity contribution in [1.29, 1.82) is 0 Å². The van der Waals surface area contributed by atoms with Gasteiger partial charge in [-0.05, 0) is 60.7 Å². The van der Waals surface area contributed by atoms with Gasteiger partial charge in [0.1, 0.15) is 0 Å². The van der Waals surface area contributed by atoms with Crippen molar-refractivity contribution in [3.05, 3.63) is 48.5 Å². The number of thiocarbonyl (C=S) groups is 1. The summed E-state index contributed by atoms with van der Waals surface area (Å²) in [6.07, 6.45) is 0. The first-order valence-electron chi connectivity index (χ1n) is 5.69.